The molecule has 0 fully saturated rings. The number of benzene rings is 2. The van der Waals surface area contributed by atoms with Crippen molar-refractivity contribution < 1.29 is 12.8 Å². The number of anilines is 1. The van der Waals surface area contributed by atoms with E-state index in [0.29, 0.717) is 17.8 Å². The maximum absolute atomic E-state index is 13.1. The normalized spacial score (nSPS) is 11.3. The molecular weight excluding hydrogens is 279 g/mol. The molecule has 0 amide bonds. The van der Waals surface area contributed by atoms with Gasteiger partial charge in [0.05, 0.1) is 4.90 Å². The first kappa shape index (κ1) is 14.5. The Hall–Kier alpha value is -1.92. The Morgan fingerprint density at radius 2 is 1.95 bits per heavy atom. The second kappa shape index (κ2) is 5.60. The van der Waals surface area contributed by atoms with Gasteiger partial charge in [-0.25, -0.2) is 17.9 Å². The number of aryl methyl sites for hydroxylation is 1. The standard InChI is InChI=1S/C14H15FN2O2S/c1-10-7-11(5-6-14(10)15)9-17-12-3-2-4-13(8-12)20(16,18)19/h2-8,17H,9H2,1H3,(H2,16,18,19). The Balaban J connectivity index is 2.13. The number of hydrogen-bond donors (Lipinski definition) is 2. The van der Waals surface area contributed by atoms with E-state index in [0.717, 1.165) is 5.56 Å². The summed E-state index contributed by atoms with van der Waals surface area (Å²) in [6.07, 6.45) is 0. The van der Waals surface area contributed by atoms with Crippen LogP contribution in [0.2, 0.25) is 0 Å². The highest BCUT2D eigenvalue weighted by Gasteiger charge is 2.07. The first-order chi connectivity index (χ1) is 9.36. The van der Waals surface area contributed by atoms with Gasteiger partial charge in [-0.3, -0.25) is 0 Å². The Kier molecular flexibility index (Phi) is 4.06. The Morgan fingerprint density at radius 3 is 2.60 bits per heavy atom. The van der Waals surface area contributed by atoms with Crippen LogP contribution in [0.15, 0.2) is 47.4 Å². The zero-order valence-electron chi connectivity index (χ0n) is 10.9. The average molecular weight is 294 g/mol. The van der Waals surface area contributed by atoms with Crippen LogP contribution in [0.3, 0.4) is 0 Å². The lowest BCUT2D eigenvalue weighted by atomic mass is 10.1. The first-order valence-corrected chi connectivity index (χ1v) is 7.52. The predicted molar refractivity (Wildman–Crippen MR) is 76.3 cm³/mol. The summed E-state index contributed by atoms with van der Waals surface area (Å²) in [6.45, 7) is 2.16. The molecular formula is C14H15FN2O2S. The maximum Gasteiger partial charge on any atom is 0.238 e. The summed E-state index contributed by atoms with van der Waals surface area (Å²) in [7, 11) is -3.71. The van der Waals surface area contributed by atoms with E-state index in [-0.39, 0.29) is 10.7 Å². The molecule has 0 atom stereocenters. The summed E-state index contributed by atoms with van der Waals surface area (Å²) in [5.41, 5.74) is 2.12. The van der Waals surface area contributed by atoms with Crippen molar-refractivity contribution >= 4 is 15.7 Å². The van der Waals surface area contributed by atoms with E-state index in [1.807, 2.05) is 0 Å². The highest BCUT2D eigenvalue weighted by molar-refractivity contribution is 7.89. The van der Waals surface area contributed by atoms with Crippen molar-refractivity contribution in [3.05, 3.63) is 59.4 Å². The smallest absolute Gasteiger partial charge is 0.238 e. The van der Waals surface area contributed by atoms with Crippen LogP contribution in [0.5, 0.6) is 0 Å². The lowest BCUT2D eigenvalue weighted by Gasteiger charge is -2.08. The van der Waals surface area contributed by atoms with Crippen LogP contribution in [0.1, 0.15) is 11.1 Å². The minimum Gasteiger partial charge on any atom is -0.381 e. The number of hydrogen-bond acceptors (Lipinski definition) is 3. The van der Waals surface area contributed by atoms with Crippen LogP contribution < -0.4 is 10.5 Å². The second-order valence-corrected chi connectivity index (χ2v) is 6.07. The summed E-state index contributed by atoms with van der Waals surface area (Å²) in [5, 5.41) is 8.15. The minimum atomic E-state index is -3.71. The molecule has 2 aromatic rings. The summed E-state index contributed by atoms with van der Waals surface area (Å²) >= 11 is 0. The number of rotatable bonds is 4. The van der Waals surface area contributed by atoms with Crippen LogP contribution in [0.25, 0.3) is 0 Å². The molecule has 0 radical (unpaired) electrons. The molecule has 106 valence electrons. The van der Waals surface area contributed by atoms with Crippen molar-refractivity contribution in [1.82, 2.24) is 0 Å². The highest BCUT2D eigenvalue weighted by atomic mass is 32.2. The van der Waals surface area contributed by atoms with Crippen LogP contribution >= 0.6 is 0 Å². The molecule has 0 bridgehead atoms. The monoisotopic (exact) mass is 294 g/mol. The molecule has 2 aromatic carbocycles. The van der Waals surface area contributed by atoms with E-state index in [1.54, 1.807) is 31.2 Å². The van der Waals surface area contributed by atoms with Crippen LogP contribution in [0, 0.1) is 12.7 Å². The molecule has 3 N–H and O–H groups in total. The number of nitrogens with one attached hydrogen (secondary N) is 1. The average Bonchev–Trinajstić information content (AvgIpc) is 2.39. The third-order valence-electron chi connectivity index (χ3n) is 2.88. The molecule has 0 saturated heterocycles. The van der Waals surface area contributed by atoms with Crippen molar-refractivity contribution in [1.29, 1.82) is 0 Å². The fourth-order valence-corrected chi connectivity index (χ4v) is 2.36. The lowest BCUT2D eigenvalue weighted by molar-refractivity contribution is 0.598. The number of primary sulfonamides is 1. The SMILES string of the molecule is Cc1cc(CNc2cccc(S(N)(=O)=O)c2)ccc1F. The van der Waals surface area contributed by atoms with Gasteiger partial charge in [0.15, 0.2) is 0 Å². The minimum absolute atomic E-state index is 0.0535. The van der Waals surface area contributed by atoms with Crippen molar-refractivity contribution in [3.63, 3.8) is 0 Å². The Labute approximate surface area is 117 Å². The van der Waals surface area contributed by atoms with Gasteiger partial charge in [0.2, 0.25) is 10.0 Å². The molecule has 0 unspecified atom stereocenters. The number of nitrogens with two attached hydrogens (primary N) is 1. The van der Waals surface area contributed by atoms with Gasteiger partial charge in [-0.05, 0) is 42.3 Å². The van der Waals surface area contributed by atoms with Gasteiger partial charge in [-0.15, -0.1) is 0 Å². The largest absolute Gasteiger partial charge is 0.381 e. The summed E-state index contributed by atoms with van der Waals surface area (Å²) in [4.78, 5) is 0.0535. The van der Waals surface area contributed by atoms with Gasteiger partial charge >= 0.3 is 0 Å². The molecule has 4 nitrogen and oxygen atoms in total. The predicted octanol–water partition coefficient (Wildman–Crippen LogP) is 2.39. The van der Waals surface area contributed by atoms with Gasteiger partial charge in [0.25, 0.3) is 0 Å². The third-order valence-corrected chi connectivity index (χ3v) is 3.79. The van der Waals surface area contributed by atoms with Gasteiger partial charge in [-0.1, -0.05) is 18.2 Å². The summed E-state index contributed by atoms with van der Waals surface area (Å²) in [6, 6.07) is 11.1. The quantitative estimate of drug-likeness (QED) is 0.909. The molecule has 0 heterocycles. The Bertz CT molecular complexity index is 730. The number of halogens is 1. The van der Waals surface area contributed by atoms with Crippen molar-refractivity contribution in [2.45, 2.75) is 18.4 Å². The molecule has 0 aliphatic carbocycles. The molecule has 0 aromatic heterocycles. The second-order valence-electron chi connectivity index (χ2n) is 4.51. The maximum atomic E-state index is 13.1. The fraction of sp³-hybridized carbons (Fsp3) is 0.143. The van der Waals surface area contributed by atoms with E-state index in [4.69, 9.17) is 5.14 Å². The highest BCUT2D eigenvalue weighted by Crippen LogP contribution is 2.16. The molecule has 20 heavy (non-hydrogen) atoms. The van der Waals surface area contributed by atoms with Crippen LogP contribution in [0.4, 0.5) is 10.1 Å². The summed E-state index contributed by atoms with van der Waals surface area (Å²) < 4.78 is 35.6. The third kappa shape index (κ3) is 3.55. The lowest BCUT2D eigenvalue weighted by Crippen LogP contribution is -2.12. The van der Waals surface area contributed by atoms with Gasteiger partial charge in [0, 0.05) is 12.2 Å². The van der Waals surface area contributed by atoms with Crippen LogP contribution in [-0.2, 0) is 16.6 Å². The number of sulfonamides is 1. The van der Waals surface area contributed by atoms with Gasteiger partial charge in [-0.2, -0.15) is 0 Å². The van der Waals surface area contributed by atoms with Gasteiger partial charge in [0.1, 0.15) is 5.82 Å². The molecule has 0 saturated carbocycles. The molecule has 2 rings (SSSR count). The van der Waals surface area contributed by atoms with Gasteiger partial charge < -0.3 is 5.32 Å². The first-order valence-electron chi connectivity index (χ1n) is 5.98. The van der Waals surface area contributed by atoms with E-state index in [9.17, 15) is 12.8 Å². The Morgan fingerprint density at radius 1 is 1.20 bits per heavy atom. The molecule has 0 aliphatic rings. The molecule has 0 aliphatic heterocycles. The van der Waals surface area contributed by atoms with E-state index < -0.39 is 10.0 Å². The van der Waals surface area contributed by atoms with E-state index >= 15 is 0 Å². The van der Waals surface area contributed by atoms with Crippen molar-refractivity contribution in [2.75, 3.05) is 5.32 Å². The van der Waals surface area contributed by atoms with Crippen LogP contribution in [-0.4, -0.2) is 8.42 Å². The van der Waals surface area contributed by atoms with E-state index in [2.05, 4.69) is 5.32 Å². The van der Waals surface area contributed by atoms with Crippen molar-refractivity contribution in [2.24, 2.45) is 5.14 Å². The molecule has 0 spiro atoms. The zero-order chi connectivity index (χ0) is 14.8. The molecule has 6 heteroatoms. The topological polar surface area (TPSA) is 72.2 Å². The summed E-state index contributed by atoms with van der Waals surface area (Å²) in [5.74, 6) is -0.245. The van der Waals surface area contributed by atoms with E-state index in [1.165, 1.54) is 18.2 Å². The zero-order valence-corrected chi connectivity index (χ0v) is 11.7. The van der Waals surface area contributed by atoms with Crippen molar-refractivity contribution in [3.8, 4) is 0 Å². The fourth-order valence-electron chi connectivity index (χ4n) is 1.80.